The fraction of sp³-hybridized carbons (Fsp3) is 0.545. The predicted molar refractivity (Wildman–Crippen MR) is 115 cm³/mol. The van der Waals surface area contributed by atoms with E-state index in [9.17, 15) is 9.18 Å². The lowest BCUT2D eigenvalue weighted by Gasteiger charge is -2.36. The summed E-state index contributed by atoms with van der Waals surface area (Å²) in [6, 6.07) is 9.10. The summed E-state index contributed by atoms with van der Waals surface area (Å²) < 4.78 is 15.0. The van der Waals surface area contributed by atoms with Crippen molar-refractivity contribution in [3.8, 4) is 0 Å². The standard InChI is InChI=1S/C22H31FN6O/c1-26(2)20-14-19-15-21(25-29(19)16-20)22(30)24-8-3-9-27-10-12-28(13-11-27)18-6-4-17(23)5-7-18/h4-7,15,20H,3,8-14,16H2,1-2H3,(H,24,30)/t20-/m0/s1. The van der Waals surface area contributed by atoms with E-state index in [1.165, 1.54) is 12.1 Å². The first-order valence-electron chi connectivity index (χ1n) is 10.7. The topological polar surface area (TPSA) is 56.6 Å². The number of piperazine rings is 1. The van der Waals surface area contributed by atoms with Gasteiger partial charge in [-0.15, -0.1) is 0 Å². The summed E-state index contributed by atoms with van der Waals surface area (Å²) in [4.78, 5) is 19.3. The molecule has 2 aliphatic heterocycles. The van der Waals surface area contributed by atoms with Crippen LogP contribution in [0.2, 0.25) is 0 Å². The van der Waals surface area contributed by atoms with Crippen LogP contribution in [0.3, 0.4) is 0 Å². The summed E-state index contributed by atoms with van der Waals surface area (Å²) in [7, 11) is 4.15. The van der Waals surface area contributed by atoms with Crippen molar-refractivity contribution in [3.63, 3.8) is 0 Å². The Morgan fingerprint density at radius 3 is 2.60 bits per heavy atom. The van der Waals surface area contributed by atoms with Crippen molar-refractivity contribution in [2.45, 2.75) is 25.4 Å². The number of hydrogen-bond donors (Lipinski definition) is 1. The second-order valence-corrected chi connectivity index (χ2v) is 8.44. The van der Waals surface area contributed by atoms with Crippen molar-refractivity contribution in [2.24, 2.45) is 0 Å². The van der Waals surface area contributed by atoms with Crippen LogP contribution >= 0.6 is 0 Å². The SMILES string of the molecule is CN(C)[C@H]1Cc2cc(C(=O)NCCCN3CCN(c4ccc(F)cc4)CC3)nn2C1. The van der Waals surface area contributed by atoms with Crippen LogP contribution in [-0.2, 0) is 13.0 Å². The van der Waals surface area contributed by atoms with Crippen molar-refractivity contribution in [2.75, 3.05) is 58.3 Å². The number of rotatable bonds is 7. The van der Waals surface area contributed by atoms with E-state index in [0.29, 0.717) is 18.3 Å². The summed E-state index contributed by atoms with van der Waals surface area (Å²) in [6.45, 7) is 6.29. The van der Waals surface area contributed by atoms with Crippen LogP contribution in [0.4, 0.5) is 10.1 Å². The average Bonchev–Trinajstić information content (AvgIpc) is 3.32. The number of aromatic nitrogens is 2. The number of fused-ring (bicyclic) bond motifs is 1. The van der Waals surface area contributed by atoms with Crippen LogP contribution in [0.1, 0.15) is 22.6 Å². The Hall–Kier alpha value is -2.45. The van der Waals surface area contributed by atoms with Crippen molar-refractivity contribution in [1.29, 1.82) is 0 Å². The Kier molecular flexibility index (Phi) is 6.34. The van der Waals surface area contributed by atoms with Crippen LogP contribution in [0, 0.1) is 5.82 Å². The second-order valence-electron chi connectivity index (χ2n) is 8.44. The Bertz CT molecular complexity index is 834. The lowest BCUT2D eigenvalue weighted by Crippen LogP contribution is -2.47. The molecule has 0 bridgehead atoms. The van der Waals surface area contributed by atoms with Crippen LogP contribution in [0.5, 0.6) is 0 Å². The van der Waals surface area contributed by atoms with Gasteiger partial charge in [0.05, 0.1) is 6.54 Å². The number of nitrogens with zero attached hydrogens (tertiary/aromatic N) is 5. The molecule has 0 spiro atoms. The van der Waals surface area contributed by atoms with Crippen LogP contribution in [0.15, 0.2) is 30.3 Å². The van der Waals surface area contributed by atoms with Gasteiger partial charge in [0.1, 0.15) is 11.5 Å². The molecule has 1 saturated heterocycles. The highest BCUT2D eigenvalue weighted by atomic mass is 19.1. The lowest BCUT2D eigenvalue weighted by molar-refractivity contribution is 0.0945. The normalized spacial score (nSPS) is 19.3. The monoisotopic (exact) mass is 414 g/mol. The molecule has 7 nitrogen and oxygen atoms in total. The maximum Gasteiger partial charge on any atom is 0.271 e. The zero-order valence-corrected chi connectivity index (χ0v) is 17.9. The minimum atomic E-state index is -0.197. The van der Waals surface area contributed by atoms with Gasteiger partial charge in [0.25, 0.3) is 5.91 Å². The first-order chi connectivity index (χ1) is 14.5. The van der Waals surface area contributed by atoms with Gasteiger partial charge in [-0.2, -0.15) is 5.10 Å². The molecular formula is C22H31FN6O. The molecule has 0 radical (unpaired) electrons. The number of carbonyl (C=O) groups is 1. The van der Waals surface area contributed by atoms with E-state index < -0.39 is 0 Å². The van der Waals surface area contributed by atoms with E-state index in [1.807, 2.05) is 22.9 Å². The van der Waals surface area contributed by atoms with E-state index in [2.05, 4.69) is 39.2 Å². The van der Waals surface area contributed by atoms with Crippen LogP contribution in [0.25, 0.3) is 0 Å². The van der Waals surface area contributed by atoms with Crippen molar-refractivity contribution < 1.29 is 9.18 Å². The molecule has 1 fully saturated rings. The molecular weight excluding hydrogens is 383 g/mol. The summed E-state index contributed by atoms with van der Waals surface area (Å²) in [5.41, 5.74) is 2.74. The third-order valence-corrected chi connectivity index (χ3v) is 6.16. The molecule has 2 aromatic rings. The smallest absolute Gasteiger partial charge is 0.271 e. The number of likely N-dealkylation sites (N-methyl/N-ethyl adjacent to an activating group) is 1. The third kappa shape index (κ3) is 4.82. The summed E-state index contributed by atoms with van der Waals surface area (Å²) in [5.74, 6) is -0.281. The van der Waals surface area contributed by atoms with Gasteiger partial charge in [-0.05, 0) is 57.4 Å². The predicted octanol–water partition coefficient (Wildman–Crippen LogP) is 1.45. The molecule has 162 valence electrons. The first kappa shape index (κ1) is 20.8. The first-order valence-corrected chi connectivity index (χ1v) is 10.7. The maximum atomic E-state index is 13.1. The lowest BCUT2D eigenvalue weighted by atomic mass is 10.2. The Morgan fingerprint density at radius 1 is 1.20 bits per heavy atom. The van der Waals surface area contributed by atoms with E-state index in [0.717, 1.165) is 63.5 Å². The Morgan fingerprint density at radius 2 is 1.93 bits per heavy atom. The van der Waals surface area contributed by atoms with Crippen molar-refractivity contribution in [3.05, 3.63) is 47.5 Å². The van der Waals surface area contributed by atoms with E-state index >= 15 is 0 Å². The highest BCUT2D eigenvalue weighted by molar-refractivity contribution is 5.92. The van der Waals surface area contributed by atoms with E-state index in [1.54, 1.807) is 0 Å². The number of halogens is 1. The molecule has 1 atom stereocenters. The molecule has 1 aromatic carbocycles. The third-order valence-electron chi connectivity index (χ3n) is 6.16. The average molecular weight is 415 g/mol. The molecule has 0 saturated carbocycles. The van der Waals surface area contributed by atoms with E-state index in [-0.39, 0.29) is 11.7 Å². The van der Waals surface area contributed by atoms with Crippen LogP contribution < -0.4 is 10.2 Å². The maximum absolute atomic E-state index is 13.1. The molecule has 1 N–H and O–H groups in total. The van der Waals surface area contributed by atoms with Gasteiger partial charge in [0.2, 0.25) is 0 Å². The molecule has 1 aromatic heterocycles. The fourth-order valence-corrected chi connectivity index (χ4v) is 4.22. The summed E-state index contributed by atoms with van der Waals surface area (Å²) in [5, 5.41) is 7.48. The number of amides is 1. The minimum Gasteiger partial charge on any atom is -0.369 e. The van der Waals surface area contributed by atoms with Gasteiger partial charge in [0, 0.05) is 56.6 Å². The molecule has 0 unspecified atom stereocenters. The van der Waals surface area contributed by atoms with Gasteiger partial charge in [-0.25, -0.2) is 4.39 Å². The second kappa shape index (κ2) is 9.14. The zero-order chi connectivity index (χ0) is 21.1. The largest absolute Gasteiger partial charge is 0.369 e. The van der Waals surface area contributed by atoms with Crippen LogP contribution in [-0.4, -0.2) is 84.9 Å². The Labute approximate surface area is 177 Å². The highest BCUT2D eigenvalue weighted by Gasteiger charge is 2.26. The number of anilines is 1. The zero-order valence-electron chi connectivity index (χ0n) is 17.9. The van der Waals surface area contributed by atoms with Gasteiger partial charge >= 0.3 is 0 Å². The molecule has 2 aliphatic rings. The molecule has 4 rings (SSSR count). The number of benzene rings is 1. The number of carbonyl (C=O) groups excluding carboxylic acids is 1. The van der Waals surface area contributed by atoms with Crippen molar-refractivity contribution >= 4 is 11.6 Å². The quantitative estimate of drug-likeness (QED) is 0.695. The molecule has 1 amide bonds. The molecule has 8 heteroatoms. The van der Waals surface area contributed by atoms with Gasteiger partial charge in [-0.1, -0.05) is 0 Å². The summed E-state index contributed by atoms with van der Waals surface area (Å²) >= 11 is 0. The van der Waals surface area contributed by atoms with Gasteiger partial charge < -0.3 is 15.1 Å². The highest BCUT2D eigenvalue weighted by Crippen LogP contribution is 2.19. The summed E-state index contributed by atoms with van der Waals surface area (Å²) in [6.07, 6.45) is 1.86. The fourth-order valence-electron chi connectivity index (χ4n) is 4.22. The molecule has 0 aliphatic carbocycles. The Balaban J connectivity index is 1.15. The number of hydrogen-bond acceptors (Lipinski definition) is 5. The molecule has 3 heterocycles. The minimum absolute atomic E-state index is 0.0839. The molecule has 30 heavy (non-hydrogen) atoms. The number of nitrogens with one attached hydrogen (secondary N) is 1. The van der Waals surface area contributed by atoms with Gasteiger partial charge in [-0.3, -0.25) is 14.4 Å². The van der Waals surface area contributed by atoms with E-state index in [4.69, 9.17) is 0 Å². The van der Waals surface area contributed by atoms with Gasteiger partial charge in [0.15, 0.2) is 0 Å². The van der Waals surface area contributed by atoms with Crippen molar-refractivity contribution in [1.82, 2.24) is 24.9 Å².